The van der Waals surface area contributed by atoms with E-state index < -0.39 is 22.5 Å². The van der Waals surface area contributed by atoms with E-state index in [-0.39, 0.29) is 10.9 Å². The summed E-state index contributed by atoms with van der Waals surface area (Å²) in [7, 11) is -3.70. The zero-order valence-electron chi connectivity index (χ0n) is 16.0. The van der Waals surface area contributed by atoms with Crippen LogP contribution >= 0.6 is 22.9 Å². The van der Waals surface area contributed by atoms with Crippen LogP contribution in [0.25, 0.3) is 10.2 Å². The molecule has 0 unspecified atom stereocenters. The molecule has 0 radical (unpaired) electrons. The topological polar surface area (TPSA) is 88.5 Å². The van der Waals surface area contributed by atoms with E-state index in [2.05, 4.69) is 5.32 Å². The Morgan fingerprint density at radius 1 is 1.24 bits per heavy atom. The highest BCUT2D eigenvalue weighted by Crippen LogP contribution is 2.25. The second kappa shape index (κ2) is 8.17. The van der Waals surface area contributed by atoms with E-state index in [1.807, 2.05) is 13.8 Å². The molecule has 0 atom stereocenters. The summed E-state index contributed by atoms with van der Waals surface area (Å²) in [5.41, 5.74) is 1.58. The monoisotopic (exact) mass is 453 g/mol. The number of nitrogens with one attached hydrogen (secondary N) is 1. The number of carbonyl (C=O) groups is 1. The number of nitrogens with zero attached hydrogens (tertiary/aromatic N) is 2. The Hall–Kier alpha value is -2.36. The maximum Gasteiger partial charge on any atom is 0.308 e. The Bertz CT molecular complexity index is 1230. The average molecular weight is 454 g/mol. The third kappa shape index (κ3) is 4.80. The third-order valence-electron chi connectivity index (χ3n) is 4.20. The van der Waals surface area contributed by atoms with Crippen molar-refractivity contribution in [3.05, 3.63) is 57.2 Å². The van der Waals surface area contributed by atoms with Gasteiger partial charge in [-0.15, -0.1) is 0 Å². The Morgan fingerprint density at radius 3 is 2.59 bits per heavy atom. The number of carbonyl (C=O) groups excluding carboxylic acids is 1. The molecule has 0 saturated heterocycles. The highest BCUT2D eigenvalue weighted by molar-refractivity contribution is 7.92. The third-order valence-corrected chi connectivity index (χ3v) is 6.49. The fourth-order valence-corrected chi connectivity index (χ4v) is 5.05. The first-order chi connectivity index (χ1) is 13.6. The molecule has 0 fully saturated rings. The summed E-state index contributed by atoms with van der Waals surface area (Å²) in [5.74, 6) is -0.509. The fourth-order valence-electron chi connectivity index (χ4n) is 2.97. The van der Waals surface area contributed by atoms with Crippen LogP contribution in [0.2, 0.25) is 5.02 Å². The normalized spacial score (nSPS) is 11.8. The van der Waals surface area contributed by atoms with Crippen LogP contribution in [0.15, 0.2) is 47.3 Å². The van der Waals surface area contributed by atoms with Gasteiger partial charge in [-0.2, -0.15) is 0 Å². The lowest BCUT2D eigenvalue weighted by atomic mass is 10.2. The van der Waals surface area contributed by atoms with E-state index in [0.717, 1.165) is 32.1 Å². The lowest BCUT2D eigenvalue weighted by Gasteiger charge is -2.22. The van der Waals surface area contributed by atoms with Gasteiger partial charge in [-0.25, -0.2) is 8.42 Å². The predicted octanol–water partition coefficient (Wildman–Crippen LogP) is 3.70. The molecule has 154 valence electrons. The van der Waals surface area contributed by atoms with Crippen molar-refractivity contribution in [2.45, 2.75) is 19.9 Å². The number of aromatic nitrogens is 1. The van der Waals surface area contributed by atoms with E-state index in [1.54, 1.807) is 41.0 Å². The van der Waals surface area contributed by atoms with Gasteiger partial charge in [-0.05, 0) is 50.2 Å². The second-order valence-electron chi connectivity index (χ2n) is 6.81. The lowest BCUT2D eigenvalue weighted by molar-refractivity contribution is -0.114. The Labute approximate surface area is 177 Å². The molecule has 7 nitrogen and oxygen atoms in total. The number of anilines is 2. The minimum Gasteiger partial charge on any atom is -0.324 e. The first-order valence-corrected chi connectivity index (χ1v) is 11.8. The molecular weight excluding hydrogens is 434 g/mol. The van der Waals surface area contributed by atoms with Gasteiger partial charge >= 0.3 is 4.87 Å². The van der Waals surface area contributed by atoms with Crippen LogP contribution in [-0.4, -0.2) is 31.7 Å². The summed E-state index contributed by atoms with van der Waals surface area (Å²) in [5, 5.41) is 3.06. The van der Waals surface area contributed by atoms with Gasteiger partial charge < -0.3 is 5.32 Å². The molecule has 0 aliphatic carbocycles. The molecule has 10 heteroatoms. The molecule has 2 aromatic carbocycles. The van der Waals surface area contributed by atoms with Crippen molar-refractivity contribution < 1.29 is 13.2 Å². The van der Waals surface area contributed by atoms with Crippen molar-refractivity contribution in [1.82, 2.24) is 4.57 Å². The Balaban J connectivity index is 1.84. The summed E-state index contributed by atoms with van der Waals surface area (Å²) in [4.78, 5) is 24.6. The molecule has 0 bridgehead atoms. The summed E-state index contributed by atoms with van der Waals surface area (Å²) < 4.78 is 27.8. The summed E-state index contributed by atoms with van der Waals surface area (Å²) in [6, 6.07) is 11.5. The molecule has 1 amide bonds. The van der Waals surface area contributed by atoms with Gasteiger partial charge in [0.15, 0.2) is 0 Å². The van der Waals surface area contributed by atoms with Crippen molar-refractivity contribution in [3.63, 3.8) is 0 Å². The van der Waals surface area contributed by atoms with E-state index in [9.17, 15) is 18.0 Å². The Morgan fingerprint density at radius 2 is 1.97 bits per heavy atom. The summed E-state index contributed by atoms with van der Waals surface area (Å²) in [6.07, 6.45) is 1.03. The number of hydrogen-bond acceptors (Lipinski definition) is 5. The van der Waals surface area contributed by atoms with Crippen molar-refractivity contribution >= 4 is 60.5 Å². The molecule has 3 aromatic rings. The maximum absolute atomic E-state index is 12.5. The van der Waals surface area contributed by atoms with Crippen LogP contribution in [-0.2, 0) is 14.8 Å². The van der Waals surface area contributed by atoms with Gasteiger partial charge in [-0.3, -0.25) is 18.5 Å². The van der Waals surface area contributed by atoms with E-state index in [1.165, 1.54) is 6.07 Å². The highest BCUT2D eigenvalue weighted by atomic mass is 35.5. The number of thiazole rings is 1. The molecule has 0 aliphatic rings. The standard InChI is InChI=1S/C19H20ClN3O4S2/c1-12(2)23-16-8-7-14(10-17(16)28-19(23)25)21-18(24)11-22(29(3,26)27)15-6-4-5-13(20)9-15/h4-10,12H,11H2,1-3H3,(H,21,24). The molecule has 0 aliphatic heterocycles. The molecular formula is C19H20ClN3O4S2. The largest absolute Gasteiger partial charge is 0.324 e. The summed E-state index contributed by atoms with van der Waals surface area (Å²) in [6.45, 7) is 3.46. The SMILES string of the molecule is CC(C)n1c(=O)sc2cc(NC(=O)CN(c3cccc(Cl)c3)S(C)(=O)=O)ccc21. The molecule has 1 N–H and O–H groups in total. The molecule has 1 heterocycles. The number of rotatable bonds is 6. The van der Waals surface area contributed by atoms with E-state index in [4.69, 9.17) is 11.6 Å². The number of benzene rings is 2. The van der Waals surface area contributed by atoms with Crippen LogP contribution < -0.4 is 14.5 Å². The Kier molecular flexibility index (Phi) is 6.02. The van der Waals surface area contributed by atoms with Gasteiger partial charge in [0.05, 0.1) is 22.2 Å². The quantitative estimate of drug-likeness (QED) is 0.616. The van der Waals surface area contributed by atoms with E-state index >= 15 is 0 Å². The molecule has 29 heavy (non-hydrogen) atoms. The smallest absolute Gasteiger partial charge is 0.308 e. The van der Waals surface area contributed by atoms with Crippen LogP contribution in [0, 0.1) is 0 Å². The minimum absolute atomic E-state index is 0.0257. The van der Waals surface area contributed by atoms with Gasteiger partial charge in [0, 0.05) is 16.8 Å². The predicted molar refractivity (Wildman–Crippen MR) is 119 cm³/mol. The van der Waals surface area contributed by atoms with Crippen LogP contribution in [0.5, 0.6) is 0 Å². The molecule has 0 spiro atoms. The van der Waals surface area contributed by atoms with Gasteiger partial charge in [-0.1, -0.05) is 29.0 Å². The van der Waals surface area contributed by atoms with E-state index in [0.29, 0.717) is 16.4 Å². The second-order valence-corrected chi connectivity index (χ2v) is 10.1. The van der Waals surface area contributed by atoms with Crippen molar-refractivity contribution in [2.75, 3.05) is 22.4 Å². The van der Waals surface area contributed by atoms with Crippen LogP contribution in [0.3, 0.4) is 0 Å². The van der Waals surface area contributed by atoms with Crippen molar-refractivity contribution in [1.29, 1.82) is 0 Å². The number of amides is 1. The maximum atomic E-state index is 12.5. The fraction of sp³-hybridized carbons (Fsp3) is 0.263. The zero-order chi connectivity index (χ0) is 21.3. The first-order valence-electron chi connectivity index (χ1n) is 8.74. The number of hydrogen-bond donors (Lipinski definition) is 1. The van der Waals surface area contributed by atoms with Crippen molar-refractivity contribution in [3.8, 4) is 0 Å². The van der Waals surface area contributed by atoms with Crippen LogP contribution in [0.1, 0.15) is 19.9 Å². The summed E-state index contributed by atoms with van der Waals surface area (Å²) >= 11 is 7.05. The number of halogens is 1. The van der Waals surface area contributed by atoms with Gasteiger partial charge in [0.1, 0.15) is 6.54 Å². The lowest BCUT2D eigenvalue weighted by Crippen LogP contribution is -2.37. The number of fused-ring (bicyclic) bond motifs is 1. The van der Waals surface area contributed by atoms with Crippen LogP contribution in [0.4, 0.5) is 11.4 Å². The zero-order valence-corrected chi connectivity index (χ0v) is 18.4. The first kappa shape index (κ1) is 21.4. The minimum atomic E-state index is -3.70. The average Bonchev–Trinajstić information content (AvgIpc) is 2.93. The molecule has 0 saturated carbocycles. The van der Waals surface area contributed by atoms with Crippen molar-refractivity contribution in [2.24, 2.45) is 0 Å². The molecule has 3 rings (SSSR count). The highest BCUT2D eigenvalue weighted by Gasteiger charge is 2.21. The van der Waals surface area contributed by atoms with Gasteiger partial charge in [0.2, 0.25) is 15.9 Å². The van der Waals surface area contributed by atoms with Gasteiger partial charge in [0.25, 0.3) is 0 Å². The number of sulfonamides is 1. The molecule has 1 aromatic heterocycles.